The van der Waals surface area contributed by atoms with E-state index in [0.717, 1.165) is 11.1 Å². The number of benzene rings is 1. The summed E-state index contributed by atoms with van der Waals surface area (Å²) in [7, 11) is -3.21. The van der Waals surface area contributed by atoms with Gasteiger partial charge >= 0.3 is 0 Å². The van der Waals surface area contributed by atoms with E-state index < -0.39 is 10.0 Å². The van der Waals surface area contributed by atoms with Gasteiger partial charge in [0.25, 0.3) is 0 Å². The summed E-state index contributed by atoms with van der Waals surface area (Å²) < 4.78 is 25.8. The average Bonchev–Trinajstić information content (AvgIpc) is 2.25. The Labute approximate surface area is 114 Å². The van der Waals surface area contributed by atoms with Crippen LogP contribution < -0.4 is 10.5 Å². The summed E-state index contributed by atoms with van der Waals surface area (Å²) in [5, 5.41) is 0. The summed E-state index contributed by atoms with van der Waals surface area (Å²) in [5.74, 6) is 0.248. The molecule has 3 N–H and O–H groups in total. The van der Waals surface area contributed by atoms with E-state index in [2.05, 4.69) is 4.72 Å². The zero-order chi connectivity index (χ0) is 13.8. The second-order valence-electron chi connectivity index (χ2n) is 4.56. The standard InChI is InChI=1S/C12H18N2O2S2/c1-9(2)8-18(15,16)14-7-10-3-5-11(6-4-10)12(13)17/h3-6,9,14H,7-8H2,1-2H3,(H2,13,17). The van der Waals surface area contributed by atoms with Crippen molar-refractivity contribution in [2.45, 2.75) is 20.4 Å². The summed E-state index contributed by atoms with van der Waals surface area (Å²) in [6, 6.07) is 7.20. The number of nitrogens with two attached hydrogens (primary N) is 1. The Morgan fingerprint density at radius 3 is 2.33 bits per heavy atom. The largest absolute Gasteiger partial charge is 0.389 e. The van der Waals surface area contributed by atoms with Crippen molar-refractivity contribution in [2.75, 3.05) is 5.75 Å². The van der Waals surface area contributed by atoms with Crippen molar-refractivity contribution in [2.24, 2.45) is 11.7 Å². The zero-order valence-corrected chi connectivity index (χ0v) is 12.1. The van der Waals surface area contributed by atoms with Crippen LogP contribution in [0.5, 0.6) is 0 Å². The summed E-state index contributed by atoms with van der Waals surface area (Å²) in [6.07, 6.45) is 0. The van der Waals surface area contributed by atoms with Crippen LogP contribution >= 0.6 is 12.2 Å². The molecule has 0 aromatic heterocycles. The van der Waals surface area contributed by atoms with Crippen LogP contribution in [-0.4, -0.2) is 19.2 Å². The van der Waals surface area contributed by atoms with Gasteiger partial charge in [-0.25, -0.2) is 13.1 Å². The van der Waals surface area contributed by atoms with E-state index in [1.165, 1.54) is 0 Å². The molecule has 100 valence electrons. The fraction of sp³-hybridized carbons (Fsp3) is 0.417. The molecule has 18 heavy (non-hydrogen) atoms. The fourth-order valence-corrected chi connectivity index (χ4v) is 3.00. The minimum Gasteiger partial charge on any atom is -0.389 e. The molecular weight excluding hydrogens is 268 g/mol. The Kier molecular flexibility index (Phi) is 5.25. The minimum absolute atomic E-state index is 0.111. The number of thiocarbonyl (C=S) groups is 1. The first-order valence-corrected chi connectivity index (χ1v) is 7.72. The van der Waals surface area contributed by atoms with Gasteiger partial charge in [0.1, 0.15) is 4.99 Å². The number of nitrogens with one attached hydrogen (secondary N) is 1. The minimum atomic E-state index is -3.21. The van der Waals surface area contributed by atoms with E-state index in [-0.39, 0.29) is 18.2 Å². The van der Waals surface area contributed by atoms with Gasteiger partial charge in [0, 0.05) is 12.1 Å². The Balaban J connectivity index is 2.61. The Hall–Kier alpha value is -0.980. The summed E-state index contributed by atoms with van der Waals surface area (Å²) >= 11 is 4.84. The smallest absolute Gasteiger partial charge is 0.212 e. The van der Waals surface area contributed by atoms with E-state index in [1.54, 1.807) is 12.1 Å². The van der Waals surface area contributed by atoms with Crippen LogP contribution in [0.2, 0.25) is 0 Å². The first kappa shape index (κ1) is 15.1. The van der Waals surface area contributed by atoms with Gasteiger partial charge in [-0.1, -0.05) is 50.3 Å². The van der Waals surface area contributed by atoms with Crippen LogP contribution in [0.3, 0.4) is 0 Å². The summed E-state index contributed by atoms with van der Waals surface area (Å²) in [6.45, 7) is 4.03. The highest BCUT2D eigenvalue weighted by molar-refractivity contribution is 7.89. The van der Waals surface area contributed by atoms with Crippen molar-refractivity contribution >= 4 is 27.2 Å². The monoisotopic (exact) mass is 286 g/mol. The van der Waals surface area contributed by atoms with Crippen LogP contribution in [0.1, 0.15) is 25.0 Å². The van der Waals surface area contributed by atoms with E-state index >= 15 is 0 Å². The maximum Gasteiger partial charge on any atom is 0.212 e. The molecule has 4 nitrogen and oxygen atoms in total. The van der Waals surface area contributed by atoms with Crippen molar-refractivity contribution in [3.63, 3.8) is 0 Å². The van der Waals surface area contributed by atoms with Gasteiger partial charge in [-0.3, -0.25) is 0 Å². The highest BCUT2D eigenvalue weighted by atomic mass is 32.2. The molecule has 1 aromatic rings. The van der Waals surface area contributed by atoms with Crippen LogP contribution in [-0.2, 0) is 16.6 Å². The lowest BCUT2D eigenvalue weighted by Crippen LogP contribution is -2.28. The predicted octanol–water partition coefficient (Wildman–Crippen LogP) is 1.40. The van der Waals surface area contributed by atoms with Crippen LogP contribution in [0.25, 0.3) is 0 Å². The van der Waals surface area contributed by atoms with Gasteiger partial charge < -0.3 is 5.73 Å². The number of rotatable bonds is 6. The maximum atomic E-state index is 11.6. The molecule has 1 rings (SSSR count). The van der Waals surface area contributed by atoms with Crippen LogP contribution in [0.4, 0.5) is 0 Å². The van der Waals surface area contributed by atoms with E-state index in [0.29, 0.717) is 4.99 Å². The first-order chi connectivity index (χ1) is 8.30. The lowest BCUT2D eigenvalue weighted by Gasteiger charge is -2.09. The quantitative estimate of drug-likeness (QED) is 0.775. The molecule has 0 aliphatic rings. The molecule has 0 atom stereocenters. The molecule has 0 saturated carbocycles. The normalized spacial score (nSPS) is 11.7. The van der Waals surface area contributed by atoms with Gasteiger partial charge in [0.05, 0.1) is 5.75 Å². The highest BCUT2D eigenvalue weighted by Gasteiger charge is 2.12. The summed E-state index contributed by atoms with van der Waals surface area (Å²) in [5.41, 5.74) is 7.14. The SMILES string of the molecule is CC(C)CS(=O)(=O)NCc1ccc(C(N)=S)cc1. The molecule has 0 amide bonds. The van der Waals surface area contributed by atoms with Crippen molar-refractivity contribution in [1.29, 1.82) is 0 Å². The predicted molar refractivity (Wildman–Crippen MR) is 77.8 cm³/mol. The van der Waals surface area contributed by atoms with Crippen molar-refractivity contribution in [3.8, 4) is 0 Å². The molecule has 6 heteroatoms. The van der Waals surface area contributed by atoms with E-state index in [4.69, 9.17) is 18.0 Å². The molecule has 0 aliphatic heterocycles. The molecule has 0 unspecified atom stereocenters. The topological polar surface area (TPSA) is 72.2 Å². The highest BCUT2D eigenvalue weighted by Crippen LogP contribution is 2.05. The van der Waals surface area contributed by atoms with Gasteiger partial charge in [-0.05, 0) is 11.5 Å². The van der Waals surface area contributed by atoms with Gasteiger partial charge in [0.15, 0.2) is 0 Å². The third-order valence-corrected chi connectivity index (χ3v) is 4.21. The third kappa shape index (κ3) is 5.12. The van der Waals surface area contributed by atoms with Crippen LogP contribution in [0, 0.1) is 5.92 Å². The molecule has 0 saturated heterocycles. The van der Waals surface area contributed by atoms with Gasteiger partial charge in [-0.15, -0.1) is 0 Å². The molecule has 0 fully saturated rings. The number of sulfonamides is 1. The average molecular weight is 286 g/mol. The summed E-state index contributed by atoms with van der Waals surface area (Å²) in [4.78, 5) is 0.335. The van der Waals surface area contributed by atoms with Crippen molar-refractivity contribution < 1.29 is 8.42 Å². The second-order valence-corrected chi connectivity index (χ2v) is 6.85. The molecule has 0 radical (unpaired) electrons. The lowest BCUT2D eigenvalue weighted by atomic mass is 10.1. The fourth-order valence-electron chi connectivity index (χ4n) is 1.48. The number of hydrogen-bond donors (Lipinski definition) is 2. The second kappa shape index (κ2) is 6.26. The first-order valence-electron chi connectivity index (χ1n) is 5.66. The van der Waals surface area contributed by atoms with Gasteiger partial charge in [-0.2, -0.15) is 0 Å². The Morgan fingerprint density at radius 2 is 1.89 bits per heavy atom. The molecule has 0 heterocycles. The molecule has 1 aromatic carbocycles. The third-order valence-electron chi connectivity index (χ3n) is 2.29. The van der Waals surface area contributed by atoms with Crippen LogP contribution in [0.15, 0.2) is 24.3 Å². The molecular formula is C12H18N2O2S2. The zero-order valence-electron chi connectivity index (χ0n) is 10.5. The van der Waals surface area contributed by atoms with E-state index in [9.17, 15) is 8.42 Å². The number of hydrogen-bond acceptors (Lipinski definition) is 3. The molecule has 0 bridgehead atoms. The van der Waals surface area contributed by atoms with Crippen molar-refractivity contribution in [3.05, 3.63) is 35.4 Å². The Bertz CT molecular complexity index is 507. The Morgan fingerprint density at radius 1 is 1.33 bits per heavy atom. The lowest BCUT2D eigenvalue weighted by molar-refractivity contribution is 0.568. The molecule has 0 spiro atoms. The molecule has 0 aliphatic carbocycles. The maximum absolute atomic E-state index is 11.6. The van der Waals surface area contributed by atoms with Crippen molar-refractivity contribution in [1.82, 2.24) is 4.72 Å². The van der Waals surface area contributed by atoms with E-state index in [1.807, 2.05) is 26.0 Å². The van der Waals surface area contributed by atoms with Gasteiger partial charge in [0.2, 0.25) is 10.0 Å².